The molecular formula is C11H8ClFN2. The lowest BCUT2D eigenvalue weighted by Crippen LogP contribution is -1.89. The number of hydrogen-bond donors (Lipinski definition) is 1. The molecule has 0 saturated heterocycles. The minimum Gasteiger partial charge on any atom is -0.399 e. The van der Waals surface area contributed by atoms with Crippen LogP contribution in [0.25, 0.3) is 11.1 Å². The third-order valence-corrected chi connectivity index (χ3v) is 2.23. The molecule has 15 heavy (non-hydrogen) atoms. The van der Waals surface area contributed by atoms with E-state index in [2.05, 4.69) is 4.98 Å². The van der Waals surface area contributed by atoms with Gasteiger partial charge < -0.3 is 5.73 Å². The molecule has 4 heteroatoms. The highest BCUT2D eigenvalue weighted by molar-refractivity contribution is 6.30. The van der Waals surface area contributed by atoms with Gasteiger partial charge in [-0.15, -0.1) is 0 Å². The van der Waals surface area contributed by atoms with Crippen LogP contribution in [-0.4, -0.2) is 4.98 Å². The number of benzene rings is 1. The van der Waals surface area contributed by atoms with E-state index < -0.39 is 5.95 Å². The van der Waals surface area contributed by atoms with Gasteiger partial charge in [-0.25, -0.2) is 4.98 Å². The molecule has 0 spiro atoms. The van der Waals surface area contributed by atoms with Crippen molar-refractivity contribution < 1.29 is 4.39 Å². The molecule has 1 aromatic heterocycles. The average molecular weight is 223 g/mol. The Bertz CT molecular complexity index is 482. The first-order chi connectivity index (χ1) is 7.16. The monoisotopic (exact) mass is 222 g/mol. The van der Waals surface area contributed by atoms with E-state index in [0.717, 1.165) is 0 Å². The zero-order valence-electron chi connectivity index (χ0n) is 7.74. The summed E-state index contributed by atoms with van der Waals surface area (Å²) in [5.41, 5.74) is 7.25. The summed E-state index contributed by atoms with van der Waals surface area (Å²) >= 11 is 5.74. The van der Waals surface area contributed by atoms with Crippen molar-refractivity contribution in [1.29, 1.82) is 0 Å². The number of halogens is 2. The third-order valence-electron chi connectivity index (χ3n) is 2.03. The first-order valence-corrected chi connectivity index (χ1v) is 4.71. The molecule has 0 unspecified atom stereocenters. The predicted octanol–water partition coefficient (Wildman–Crippen LogP) is 3.12. The van der Waals surface area contributed by atoms with E-state index in [1.165, 1.54) is 12.3 Å². The molecule has 76 valence electrons. The van der Waals surface area contributed by atoms with E-state index >= 15 is 0 Å². The summed E-state index contributed by atoms with van der Waals surface area (Å²) in [6, 6.07) is 8.40. The number of anilines is 1. The molecule has 1 heterocycles. The summed E-state index contributed by atoms with van der Waals surface area (Å²) in [5.74, 6) is -0.538. The molecule has 0 aliphatic carbocycles. The molecule has 2 aromatic rings. The van der Waals surface area contributed by atoms with Gasteiger partial charge in [0.2, 0.25) is 5.95 Å². The lowest BCUT2D eigenvalue weighted by Gasteiger charge is -2.03. The van der Waals surface area contributed by atoms with E-state index in [0.29, 0.717) is 21.8 Å². The Balaban J connectivity index is 2.53. The molecular weight excluding hydrogens is 215 g/mol. The maximum Gasteiger partial charge on any atom is 0.220 e. The Morgan fingerprint density at radius 2 is 1.87 bits per heavy atom. The number of pyridine rings is 1. The van der Waals surface area contributed by atoms with Crippen LogP contribution in [0.15, 0.2) is 36.5 Å². The summed E-state index contributed by atoms with van der Waals surface area (Å²) in [5, 5.41) is 0.406. The zero-order valence-corrected chi connectivity index (χ0v) is 8.50. The second-order valence-corrected chi connectivity index (χ2v) is 3.55. The van der Waals surface area contributed by atoms with E-state index in [4.69, 9.17) is 17.3 Å². The number of nitrogens with two attached hydrogens (primary N) is 1. The van der Waals surface area contributed by atoms with Crippen LogP contribution >= 0.6 is 11.6 Å². The van der Waals surface area contributed by atoms with Crippen molar-refractivity contribution in [3.63, 3.8) is 0 Å². The van der Waals surface area contributed by atoms with E-state index in [1.54, 1.807) is 24.3 Å². The first kappa shape index (κ1) is 9.93. The second kappa shape index (κ2) is 3.87. The van der Waals surface area contributed by atoms with Crippen LogP contribution in [0.4, 0.5) is 10.1 Å². The van der Waals surface area contributed by atoms with Gasteiger partial charge in [0.05, 0.1) is 5.02 Å². The maximum atomic E-state index is 13.4. The van der Waals surface area contributed by atoms with Crippen LogP contribution < -0.4 is 5.73 Å². The Morgan fingerprint density at radius 3 is 2.53 bits per heavy atom. The minimum absolute atomic E-state index is 0.377. The third kappa shape index (κ3) is 2.07. The summed E-state index contributed by atoms with van der Waals surface area (Å²) in [6.07, 6.45) is 1.28. The zero-order chi connectivity index (χ0) is 10.8. The van der Waals surface area contributed by atoms with Crippen LogP contribution in [0.5, 0.6) is 0 Å². The fourth-order valence-electron chi connectivity index (χ4n) is 1.29. The Morgan fingerprint density at radius 1 is 1.20 bits per heavy atom. The van der Waals surface area contributed by atoms with Crippen molar-refractivity contribution in [3.8, 4) is 11.1 Å². The van der Waals surface area contributed by atoms with E-state index in [1.807, 2.05) is 0 Å². The fourth-order valence-corrected chi connectivity index (χ4v) is 1.45. The van der Waals surface area contributed by atoms with Gasteiger partial charge in [-0.1, -0.05) is 23.7 Å². The number of aromatic nitrogens is 1. The first-order valence-electron chi connectivity index (χ1n) is 4.34. The van der Waals surface area contributed by atoms with Gasteiger partial charge in [-0.2, -0.15) is 4.39 Å². The lowest BCUT2D eigenvalue weighted by atomic mass is 10.1. The summed E-state index contributed by atoms with van der Waals surface area (Å²) in [7, 11) is 0. The largest absolute Gasteiger partial charge is 0.399 e. The van der Waals surface area contributed by atoms with Crippen molar-refractivity contribution in [1.82, 2.24) is 4.98 Å². The van der Waals surface area contributed by atoms with Crippen LogP contribution in [0.1, 0.15) is 0 Å². The lowest BCUT2D eigenvalue weighted by molar-refractivity contribution is 0.587. The maximum absolute atomic E-state index is 13.4. The predicted molar refractivity (Wildman–Crippen MR) is 59.1 cm³/mol. The molecule has 0 atom stereocenters. The molecule has 2 nitrogen and oxygen atoms in total. The van der Waals surface area contributed by atoms with Gasteiger partial charge in [-0.3, -0.25) is 0 Å². The van der Waals surface area contributed by atoms with Crippen LogP contribution in [0.3, 0.4) is 0 Å². The average Bonchev–Trinajstić information content (AvgIpc) is 2.23. The Kier molecular flexibility index (Phi) is 2.56. The van der Waals surface area contributed by atoms with Crippen molar-refractivity contribution in [3.05, 3.63) is 47.5 Å². The van der Waals surface area contributed by atoms with Crippen molar-refractivity contribution in [2.45, 2.75) is 0 Å². The quantitative estimate of drug-likeness (QED) is 0.595. The Hall–Kier alpha value is -1.61. The summed E-state index contributed by atoms with van der Waals surface area (Å²) < 4.78 is 13.4. The second-order valence-electron chi connectivity index (χ2n) is 3.11. The SMILES string of the molecule is Nc1ccc(-c2cc(Cl)cnc2F)cc1. The summed E-state index contributed by atoms with van der Waals surface area (Å²) in [4.78, 5) is 3.55. The summed E-state index contributed by atoms with van der Waals surface area (Å²) in [6.45, 7) is 0. The van der Waals surface area contributed by atoms with Gasteiger partial charge in [-0.05, 0) is 23.8 Å². The van der Waals surface area contributed by atoms with Gasteiger partial charge >= 0.3 is 0 Å². The highest BCUT2D eigenvalue weighted by Gasteiger charge is 2.06. The van der Waals surface area contributed by atoms with E-state index in [9.17, 15) is 4.39 Å². The highest BCUT2D eigenvalue weighted by atomic mass is 35.5. The molecule has 0 bridgehead atoms. The van der Waals surface area contributed by atoms with Gasteiger partial charge in [0.15, 0.2) is 0 Å². The molecule has 1 aromatic carbocycles. The molecule has 2 rings (SSSR count). The van der Waals surface area contributed by atoms with Gasteiger partial charge in [0.25, 0.3) is 0 Å². The van der Waals surface area contributed by atoms with Crippen molar-refractivity contribution in [2.24, 2.45) is 0 Å². The molecule has 0 fully saturated rings. The molecule has 0 amide bonds. The Labute approximate surface area is 91.5 Å². The van der Waals surface area contributed by atoms with Gasteiger partial charge in [0.1, 0.15) is 0 Å². The normalized spacial score (nSPS) is 10.3. The van der Waals surface area contributed by atoms with Crippen LogP contribution in [0.2, 0.25) is 5.02 Å². The molecule has 0 aliphatic rings. The number of rotatable bonds is 1. The minimum atomic E-state index is -0.538. The van der Waals surface area contributed by atoms with Crippen molar-refractivity contribution >= 4 is 17.3 Å². The molecule has 0 aliphatic heterocycles. The topological polar surface area (TPSA) is 38.9 Å². The molecule has 0 saturated carbocycles. The van der Waals surface area contributed by atoms with Crippen LogP contribution in [0, 0.1) is 5.95 Å². The smallest absolute Gasteiger partial charge is 0.220 e. The van der Waals surface area contributed by atoms with Gasteiger partial charge in [0, 0.05) is 17.4 Å². The molecule has 0 radical (unpaired) electrons. The number of nitrogens with zero attached hydrogens (tertiary/aromatic N) is 1. The molecule has 2 N–H and O–H groups in total. The standard InChI is InChI=1S/C11H8ClFN2/c12-8-5-10(11(13)15-6-8)7-1-3-9(14)4-2-7/h1-6H,14H2. The van der Waals surface area contributed by atoms with E-state index in [-0.39, 0.29) is 0 Å². The van der Waals surface area contributed by atoms with Crippen molar-refractivity contribution in [2.75, 3.05) is 5.73 Å². The highest BCUT2D eigenvalue weighted by Crippen LogP contribution is 2.24. The van der Waals surface area contributed by atoms with Crippen LogP contribution in [-0.2, 0) is 0 Å². The number of nitrogen functional groups attached to an aromatic ring is 1. The number of hydrogen-bond acceptors (Lipinski definition) is 2. The fraction of sp³-hybridized carbons (Fsp3) is 0.